The maximum Gasteiger partial charge on any atom is 0.338 e. The molecule has 0 aliphatic heterocycles. The molecule has 0 aliphatic carbocycles. The molecule has 3 N–H and O–H groups in total. The van der Waals surface area contributed by atoms with E-state index >= 15 is 0 Å². The summed E-state index contributed by atoms with van der Waals surface area (Å²) in [5, 5.41) is 12.5. The number of nitrogens with zero attached hydrogens (tertiary/aromatic N) is 4. The molecule has 76 valence electrons. The van der Waals surface area contributed by atoms with Gasteiger partial charge in [0.2, 0.25) is 0 Å². The fourth-order valence-corrected chi connectivity index (χ4v) is 1.02. The van der Waals surface area contributed by atoms with Crippen molar-refractivity contribution in [2.24, 2.45) is 0 Å². The van der Waals surface area contributed by atoms with Crippen molar-refractivity contribution < 1.29 is 9.90 Å². The smallest absolute Gasteiger partial charge is 0.338 e. The number of carboxylic acid groups (broad SMARTS) is 1. The van der Waals surface area contributed by atoms with Crippen molar-refractivity contribution >= 4 is 11.8 Å². The maximum atomic E-state index is 10.5. The van der Waals surface area contributed by atoms with E-state index in [1.807, 2.05) is 0 Å². The van der Waals surface area contributed by atoms with Crippen LogP contribution in [-0.2, 0) is 0 Å². The van der Waals surface area contributed by atoms with Gasteiger partial charge in [-0.3, -0.25) is 0 Å². The van der Waals surface area contributed by atoms with Gasteiger partial charge in [0.1, 0.15) is 5.82 Å². The van der Waals surface area contributed by atoms with Gasteiger partial charge < -0.3 is 10.8 Å². The molecular formula is C8H7N5O2. The minimum absolute atomic E-state index is 0.0180. The number of anilines is 1. The molecule has 0 amide bonds. The quantitative estimate of drug-likeness (QED) is 0.711. The Kier molecular flexibility index (Phi) is 2.05. The summed E-state index contributed by atoms with van der Waals surface area (Å²) < 4.78 is 1.31. The van der Waals surface area contributed by atoms with Crippen LogP contribution in [0.1, 0.15) is 10.4 Å². The first-order chi connectivity index (χ1) is 7.18. The summed E-state index contributed by atoms with van der Waals surface area (Å²) in [6, 6.07) is 1.59. The molecule has 7 heteroatoms. The summed E-state index contributed by atoms with van der Waals surface area (Å²) in [5.41, 5.74) is 5.59. The van der Waals surface area contributed by atoms with Gasteiger partial charge in [0.05, 0.1) is 11.8 Å². The fourth-order valence-electron chi connectivity index (χ4n) is 1.02. The third-order valence-electron chi connectivity index (χ3n) is 1.75. The van der Waals surface area contributed by atoms with Crippen LogP contribution in [0.25, 0.3) is 5.95 Å². The van der Waals surface area contributed by atoms with Crippen molar-refractivity contribution in [1.29, 1.82) is 0 Å². The molecule has 0 radical (unpaired) electrons. The molecule has 2 aromatic rings. The van der Waals surface area contributed by atoms with Crippen LogP contribution in [0.4, 0.5) is 5.82 Å². The van der Waals surface area contributed by atoms with E-state index in [2.05, 4.69) is 15.1 Å². The Morgan fingerprint density at radius 1 is 1.40 bits per heavy atom. The fraction of sp³-hybridized carbons (Fsp3) is 0. The van der Waals surface area contributed by atoms with E-state index in [0.29, 0.717) is 5.82 Å². The van der Waals surface area contributed by atoms with Crippen LogP contribution < -0.4 is 5.73 Å². The molecule has 2 aromatic heterocycles. The first-order valence-electron chi connectivity index (χ1n) is 4.03. The summed E-state index contributed by atoms with van der Waals surface area (Å²) in [6.07, 6.45) is 3.90. The van der Waals surface area contributed by atoms with E-state index in [1.54, 1.807) is 6.07 Å². The monoisotopic (exact) mass is 205 g/mol. The SMILES string of the molecule is Nc1ccnn1-c1ncc(C(=O)O)cn1. The van der Waals surface area contributed by atoms with Crippen molar-refractivity contribution in [3.05, 3.63) is 30.2 Å². The molecule has 0 saturated carbocycles. The van der Waals surface area contributed by atoms with Crippen LogP contribution in [0.15, 0.2) is 24.7 Å². The number of aromatic nitrogens is 4. The lowest BCUT2D eigenvalue weighted by molar-refractivity contribution is 0.0696. The van der Waals surface area contributed by atoms with Gasteiger partial charge in [0.25, 0.3) is 5.95 Å². The molecule has 0 aromatic carbocycles. The Morgan fingerprint density at radius 3 is 2.53 bits per heavy atom. The van der Waals surface area contributed by atoms with Crippen LogP contribution >= 0.6 is 0 Å². The van der Waals surface area contributed by atoms with Crippen LogP contribution in [0.2, 0.25) is 0 Å². The minimum Gasteiger partial charge on any atom is -0.478 e. The predicted octanol–water partition coefficient (Wildman–Crippen LogP) is -0.0573. The molecule has 0 fully saturated rings. The third-order valence-corrected chi connectivity index (χ3v) is 1.75. The highest BCUT2D eigenvalue weighted by molar-refractivity contribution is 5.86. The highest BCUT2D eigenvalue weighted by atomic mass is 16.4. The van der Waals surface area contributed by atoms with Crippen molar-refractivity contribution in [1.82, 2.24) is 19.7 Å². The van der Waals surface area contributed by atoms with E-state index in [4.69, 9.17) is 10.8 Å². The number of nitrogens with two attached hydrogens (primary N) is 1. The number of rotatable bonds is 2. The Morgan fingerprint density at radius 2 is 2.07 bits per heavy atom. The largest absolute Gasteiger partial charge is 0.478 e. The highest BCUT2D eigenvalue weighted by Gasteiger charge is 2.07. The van der Waals surface area contributed by atoms with Gasteiger partial charge in [-0.05, 0) is 0 Å². The Labute approximate surface area is 84.2 Å². The first kappa shape index (κ1) is 9.13. The van der Waals surface area contributed by atoms with E-state index in [9.17, 15) is 4.79 Å². The molecule has 2 rings (SSSR count). The maximum absolute atomic E-state index is 10.5. The minimum atomic E-state index is -1.07. The van der Waals surface area contributed by atoms with Crippen molar-refractivity contribution in [3.63, 3.8) is 0 Å². The number of nitrogen functional groups attached to an aromatic ring is 1. The summed E-state index contributed by atoms with van der Waals surface area (Å²) in [5.74, 6) is -0.449. The molecule has 0 unspecified atom stereocenters. The van der Waals surface area contributed by atoms with Gasteiger partial charge in [-0.25, -0.2) is 14.8 Å². The van der Waals surface area contributed by atoms with Crippen LogP contribution in [0.3, 0.4) is 0 Å². The molecule has 2 heterocycles. The average molecular weight is 205 g/mol. The molecule has 0 spiro atoms. The molecular weight excluding hydrogens is 198 g/mol. The van der Waals surface area contributed by atoms with E-state index in [-0.39, 0.29) is 11.5 Å². The van der Waals surface area contributed by atoms with Crippen molar-refractivity contribution in [3.8, 4) is 5.95 Å². The number of carbonyl (C=O) groups is 1. The first-order valence-corrected chi connectivity index (χ1v) is 4.03. The number of carboxylic acids is 1. The summed E-state index contributed by atoms with van der Waals surface area (Å²) in [4.78, 5) is 18.2. The van der Waals surface area contributed by atoms with Crippen molar-refractivity contribution in [2.75, 3.05) is 5.73 Å². The molecule has 0 bridgehead atoms. The lowest BCUT2D eigenvalue weighted by Gasteiger charge is -2.01. The Hall–Kier alpha value is -2.44. The lowest BCUT2D eigenvalue weighted by Crippen LogP contribution is -2.07. The van der Waals surface area contributed by atoms with Gasteiger partial charge in [-0.1, -0.05) is 0 Å². The van der Waals surface area contributed by atoms with Crippen LogP contribution in [0, 0.1) is 0 Å². The second kappa shape index (κ2) is 3.37. The summed E-state index contributed by atoms with van der Waals surface area (Å²) in [7, 11) is 0. The number of hydrogen-bond donors (Lipinski definition) is 2. The van der Waals surface area contributed by atoms with Crippen LogP contribution in [0.5, 0.6) is 0 Å². The van der Waals surface area contributed by atoms with Crippen LogP contribution in [-0.4, -0.2) is 30.8 Å². The molecule has 7 nitrogen and oxygen atoms in total. The number of aromatic carboxylic acids is 1. The molecule has 0 aliphatic rings. The van der Waals surface area contributed by atoms with Crippen molar-refractivity contribution in [2.45, 2.75) is 0 Å². The summed E-state index contributed by atoms with van der Waals surface area (Å²) >= 11 is 0. The second-order valence-corrected chi connectivity index (χ2v) is 2.74. The standard InChI is InChI=1S/C8H7N5O2/c9-6-1-2-12-13(6)8-10-3-5(4-11-8)7(14)15/h1-4H,9H2,(H,14,15). The summed E-state index contributed by atoms with van der Waals surface area (Å²) in [6.45, 7) is 0. The number of hydrogen-bond acceptors (Lipinski definition) is 5. The Balaban J connectivity index is 2.40. The van der Waals surface area contributed by atoms with Gasteiger partial charge in [-0.15, -0.1) is 0 Å². The van der Waals surface area contributed by atoms with E-state index < -0.39 is 5.97 Å². The van der Waals surface area contributed by atoms with Gasteiger partial charge in [0, 0.05) is 18.5 Å². The van der Waals surface area contributed by atoms with Gasteiger partial charge >= 0.3 is 5.97 Å². The normalized spacial score (nSPS) is 10.1. The highest BCUT2D eigenvalue weighted by Crippen LogP contribution is 2.06. The zero-order valence-corrected chi connectivity index (χ0v) is 7.53. The Bertz CT molecular complexity index is 490. The molecule has 0 atom stereocenters. The zero-order valence-electron chi connectivity index (χ0n) is 7.53. The molecule has 0 saturated heterocycles. The second-order valence-electron chi connectivity index (χ2n) is 2.74. The topological polar surface area (TPSA) is 107 Å². The third kappa shape index (κ3) is 1.62. The predicted molar refractivity (Wildman–Crippen MR) is 50.5 cm³/mol. The van der Waals surface area contributed by atoms with E-state index in [1.165, 1.54) is 23.3 Å². The average Bonchev–Trinajstić information content (AvgIpc) is 2.65. The zero-order chi connectivity index (χ0) is 10.8. The van der Waals surface area contributed by atoms with Gasteiger partial charge in [0.15, 0.2) is 0 Å². The van der Waals surface area contributed by atoms with Gasteiger partial charge in [-0.2, -0.15) is 9.78 Å². The van der Waals surface area contributed by atoms with E-state index in [0.717, 1.165) is 0 Å². The molecule has 15 heavy (non-hydrogen) atoms. The lowest BCUT2D eigenvalue weighted by atomic mass is 10.3.